The van der Waals surface area contributed by atoms with Crippen LogP contribution >= 0.6 is 0 Å². The van der Waals surface area contributed by atoms with Crippen LogP contribution in [0.15, 0.2) is 64.9 Å². The number of anilines is 2. The molecular formula is C20H19N7O2. The summed E-state index contributed by atoms with van der Waals surface area (Å²) in [4.78, 5) is 18.6. The van der Waals surface area contributed by atoms with Crippen LogP contribution in [-0.2, 0) is 0 Å². The Balaban J connectivity index is 1.72. The summed E-state index contributed by atoms with van der Waals surface area (Å²) >= 11 is 0. The zero-order valence-electron chi connectivity index (χ0n) is 15.9. The quantitative estimate of drug-likeness (QED) is 0.359. The Bertz CT molecular complexity index is 1050. The van der Waals surface area contributed by atoms with Gasteiger partial charge >= 0.3 is 5.69 Å². The highest BCUT2D eigenvalue weighted by Gasteiger charge is 2.16. The first-order valence-electron chi connectivity index (χ1n) is 8.74. The van der Waals surface area contributed by atoms with Gasteiger partial charge in [0.1, 0.15) is 6.20 Å². The zero-order chi connectivity index (χ0) is 20.6. The van der Waals surface area contributed by atoms with Gasteiger partial charge in [0, 0.05) is 0 Å². The Kier molecular flexibility index (Phi) is 6.21. The largest absolute Gasteiger partial charge is 0.331 e. The number of aromatic nitrogens is 2. The topological polar surface area (TPSA) is 118 Å². The summed E-state index contributed by atoms with van der Waals surface area (Å²) in [6, 6.07) is 15.5. The molecule has 2 aromatic carbocycles. The molecule has 1 aromatic heterocycles. The van der Waals surface area contributed by atoms with E-state index in [0.29, 0.717) is 0 Å². The van der Waals surface area contributed by atoms with Gasteiger partial charge in [0.25, 0.3) is 0 Å². The molecule has 0 bridgehead atoms. The first-order valence-corrected chi connectivity index (χ1v) is 8.74. The number of hydrazone groups is 2. The van der Waals surface area contributed by atoms with Crippen LogP contribution in [0.25, 0.3) is 0 Å². The first kappa shape index (κ1) is 19.6. The maximum absolute atomic E-state index is 11.2. The van der Waals surface area contributed by atoms with Gasteiger partial charge in [-0.25, -0.2) is 10.4 Å². The fraction of sp³-hybridized carbons (Fsp3) is 0.100. The minimum absolute atomic E-state index is 0.0404. The lowest BCUT2D eigenvalue weighted by atomic mass is 10.2. The van der Waals surface area contributed by atoms with Crippen LogP contribution in [0.2, 0.25) is 0 Å². The van der Waals surface area contributed by atoms with Gasteiger partial charge in [0.2, 0.25) is 11.8 Å². The number of hydrogen-bond acceptors (Lipinski definition) is 8. The van der Waals surface area contributed by atoms with Crippen molar-refractivity contribution < 1.29 is 4.92 Å². The Labute approximate surface area is 167 Å². The van der Waals surface area contributed by atoms with Crippen molar-refractivity contribution in [2.24, 2.45) is 10.2 Å². The maximum Gasteiger partial charge on any atom is 0.331 e. The van der Waals surface area contributed by atoms with Crippen molar-refractivity contribution in [2.45, 2.75) is 13.8 Å². The molecule has 0 radical (unpaired) electrons. The average Bonchev–Trinajstić information content (AvgIpc) is 2.71. The molecule has 0 saturated carbocycles. The van der Waals surface area contributed by atoms with Gasteiger partial charge in [0.15, 0.2) is 0 Å². The molecule has 1 heterocycles. The third kappa shape index (κ3) is 5.67. The smallest absolute Gasteiger partial charge is 0.258 e. The molecule has 0 fully saturated rings. The van der Waals surface area contributed by atoms with Crippen molar-refractivity contribution in [3.63, 3.8) is 0 Å². The summed E-state index contributed by atoms with van der Waals surface area (Å²) in [5.41, 5.74) is 8.99. The molecule has 29 heavy (non-hydrogen) atoms. The molecular weight excluding hydrogens is 370 g/mol. The SMILES string of the molecule is Cc1ccc(/C=N/Nc2ncc([N+](=O)[O-])c(N/N=C/c3ccc(C)cc3)n2)cc1. The number of nitrogens with zero attached hydrogens (tertiary/aromatic N) is 5. The molecule has 0 aliphatic heterocycles. The lowest BCUT2D eigenvalue weighted by Crippen LogP contribution is -2.04. The van der Waals surface area contributed by atoms with E-state index in [1.807, 2.05) is 62.4 Å². The normalized spacial score (nSPS) is 11.1. The van der Waals surface area contributed by atoms with Crippen LogP contribution in [0.1, 0.15) is 22.3 Å². The highest BCUT2D eigenvalue weighted by molar-refractivity contribution is 5.81. The Morgan fingerprint density at radius 2 is 1.41 bits per heavy atom. The summed E-state index contributed by atoms with van der Waals surface area (Å²) in [6.07, 6.45) is 4.25. The van der Waals surface area contributed by atoms with Gasteiger partial charge in [-0.05, 0) is 25.0 Å². The summed E-state index contributed by atoms with van der Waals surface area (Å²) in [5.74, 6) is 0.0633. The van der Waals surface area contributed by atoms with E-state index in [-0.39, 0.29) is 17.5 Å². The number of rotatable bonds is 7. The molecule has 3 aromatic rings. The van der Waals surface area contributed by atoms with E-state index in [4.69, 9.17) is 0 Å². The van der Waals surface area contributed by atoms with E-state index < -0.39 is 4.92 Å². The number of benzene rings is 2. The highest BCUT2D eigenvalue weighted by atomic mass is 16.6. The number of aryl methyl sites for hydroxylation is 2. The van der Waals surface area contributed by atoms with Crippen LogP contribution in [0, 0.1) is 24.0 Å². The van der Waals surface area contributed by atoms with E-state index in [2.05, 4.69) is 31.0 Å². The summed E-state index contributed by atoms with van der Waals surface area (Å²) in [5, 5.41) is 19.3. The molecule has 146 valence electrons. The van der Waals surface area contributed by atoms with Gasteiger partial charge in [-0.2, -0.15) is 15.2 Å². The average molecular weight is 389 g/mol. The van der Waals surface area contributed by atoms with Crippen LogP contribution in [0.5, 0.6) is 0 Å². The molecule has 0 amide bonds. The highest BCUT2D eigenvalue weighted by Crippen LogP contribution is 2.22. The van der Waals surface area contributed by atoms with Gasteiger partial charge in [0.05, 0.1) is 17.4 Å². The molecule has 0 atom stereocenters. The standard InChI is InChI=1S/C20H19N7O2/c1-14-3-7-16(8-4-14)11-22-25-19-18(27(28)29)13-21-20(24-19)26-23-12-17-9-5-15(2)6-10-17/h3-13H,1-2H3,(H2,21,24,25,26)/b22-11+,23-12+. The molecule has 0 unspecified atom stereocenters. The predicted octanol–water partition coefficient (Wildman–Crippen LogP) is 3.89. The van der Waals surface area contributed by atoms with Crippen molar-refractivity contribution in [1.29, 1.82) is 0 Å². The van der Waals surface area contributed by atoms with Gasteiger partial charge < -0.3 is 0 Å². The zero-order valence-corrected chi connectivity index (χ0v) is 15.9. The molecule has 0 saturated heterocycles. The van der Waals surface area contributed by atoms with Crippen LogP contribution in [-0.4, -0.2) is 27.3 Å². The second kappa shape index (κ2) is 9.18. The molecule has 9 heteroatoms. The molecule has 3 rings (SSSR count). The van der Waals surface area contributed by atoms with E-state index >= 15 is 0 Å². The first-order chi connectivity index (χ1) is 14.0. The Morgan fingerprint density at radius 3 is 1.93 bits per heavy atom. The van der Waals surface area contributed by atoms with Crippen LogP contribution in [0.4, 0.5) is 17.5 Å². The molecule has 2 N–H and O–H groups in total. The van der Waals surface area contributed by atoms with Crippen molar-refractivity contribution in [3.8, 4) is 0 Å². The van der Waals surface area contributed by atoms with E-state index in [9.17, 15) is 10.1 Å². The number of hydrogen-bond donors (Lipinski definition) is 2. The van der Waals surface area contributed by atoms with Crippen molar-refractivity contribution in [1.82, 2.24) is 9.97 Å². The minimum Gasteiger partial charge on any atom is -0.258 e. The molecule has 0 aliphatic carbocycles. The second-order valence-corrected chi connectivity index (χ2v) is 6.25. The predicted molar refractivity (Wildman–Crippen MR) is 113 cm³/mol. The van der Waals surface area contributed by atoms with Crippen LogP contribution < -0.4 is 10.9 Å². The summed E-state index contributed by atoms with van der Waals surface area (Å²) in [6.45, 7) is 3.99. The van der Waals surface area contributed by atoms with Crippen molar-refractivity contribution >= 4 is 29.9 Å². The second-order valence-electron chi connectivity index (χ2n) is 6.25. The van der Waals surface area contributed by atoms with Gasteiger partial charge in [-0.15, -0.1) is 0 Å². The molecule has 0 spiro atoms. The number of nitro groups is 1. The van der Waals surface area contributed by atoms with Gasteiger partial charge in [-0.3, -0.25) is 15.5 Å². The monoisotopic (exact) mass is 389 g/mol. The summed E-state index contributed by atoms with van der Waals surface area (Å²) in [7, 11) is 0. The van der Waals surface area contributed by atoms with E-state index in [1.54, 1.807) is 12.4 Å². The van der Waals surface area contributed by atoms with Crippen LogP contribution in [0.3, 0.4) is 0 Å². The Hall–Kier alpha value is -4.14. The number of nitrogens with one attached hydrogen (secondary N) is 2. The fourth-order valence-corrected chi connectivity index (χ4v) is 2.28. The fourth-order valence-electron chi connectivity index (χ4n) is 2.28. The van der Waals surface area contributed by atoms with E-state index in [0.717, 1.165) is 28.5 Å². The van der Waals surface area contributed by atoms with Crippen molar-refractivity contribution in [3.05, 3.63) is 87.1 Å². The lowest BCUT2D eigenvalue weighted by Gasteiger charge is -2.03. The Morgan fingerprint density at radius 1 is 0.897 bits per heavy atom. The minimum atomic E-state index is -0.580. The van der Waals surface area contributed by atoms with Gasteiger partial charge in [-0.1, -0.05) is 59.7 Å². The third-order valence-electron chi connectivity index (χ3n) is 3.88. The molecule has 9 nitrogen and oxygen atoms in total. The lowest BCUT2D eigenvalue weighted by molar-refractivity contribution is -0.384. The third-order valence-corrected chi connectivity index (χ3v) is 3.88. The summed E-state index contributed by atoms with van der Waals surface area (Å²) < 4.78 is 0. The van der Waals surface area contributed by atoms with Crippen molar-refractivity contribution in [2.75, 3.05) is 10.9 Å². The molecule has 0 aliphatic rings. The maximum atomic E-state index is 11.2. The van der Waals surface area contributed by atoms with E-state index in [1.165, 1.54) is 0 Å².